The van der Waals surface area contributed by atoms with Crippen LogP contribution in [0.2, 0.25) is 0 Å². The van der Waals surface area contributed by atoms with Gasteiger partial charge in [-0.15, -0.1) is 0 Å². The average Bonchev–Trinajstić information content (AvgIpc) is 3.29. The van der Waals surface area contributed by atoms with Gasteiger partial charge in [0.05, 0.1) is 0 Å². The van der Waals surface area contributed by atoms with Crippen molar-refractivity contribution < 1.29 is 22.3 Å². The zero-order valence-corrected chi connectivity index (χ0v) is 15.2. The average molecular weight is 443 g/mol. The van der Waals surface area contributed by atoms with E-state index in [2.05, 4.69) is 5.32 Å². The molecule has 2 aromatic rings. The van der Waals surface area contributed by atoms with E-state index in [9.17, 15) is 14.8 Å². The van der Waals surface area contributed by atoms with Gasteiger partial charge in [-0.3, -0.25) is 0 Å². The molecule has 2 aliphatic heterocycles. The molecule has 2 aliphatic rings. The van der Waals surface area contributed by atoms with E-state index in [1.165, 1.54) is 4.43 Å². The van der Waals surface area contributed by atoms with E-state index >= 15 is 0 Å². The first-order chi connectivity index (χ1) is 11.6. The molecular formula is C16H19BINO5. The van der Waals surface area contributed by atoms with Gasteiger partial charge in [0.15, 0.2) is 0 Å². The Hall–Kier alpha value is -1.10. The molecule has 8 heteroatoms. The van der Waals surface area contributed by atoms with Gasteiger partial charge in [-0.1, -0.05) is 0 Å². The van der Waals surface area contributed by atoms with Crippen molar-refractivity contribution in [3.8, 4) is 0 Å². The number of furan rings is 1. The maximum atomic E-state index is 12.5. The number of fused-ring (bicyclic) bond motifs is 3. The molecule has 4 rings (SSSR count). The molecule has 24 heavy (non-hydrogen) atoms. The van der Waals surface area contributed by atoms with E-state index in [1.54, 1.807) is 6.26 Å². The Bertz CT molecular complexity index is 751. The number of nitrogens with one attached hydrogen (secondary N) is 1. The van der Waals surface area contributed by atoms with Crippen LogP contribution in [0, 0.1) is 5.92 Å². The van der Waals surface area contributed by atoms with Crippen molar-refractivity contribution in [2.75, 3.05) is 8.86 Å². The van der Waals surface area contributed by atoms with Crippen LogP contribution in [0.3, 0.4) is 0 Å². The fourth-order valence-electron chi connectivity index (χ4n) is 3.33. The summed E-state index contributed by atoms with van der Waals surface area (Å²) < 4.78 is 13.4. The number of para-hydroxylation sites is 1. The van der Waals surface area contributed by atoms with Crippen LogP contribution in [0.25, 0.3) is 11.0 Å². The Morgan fingerprint density at radius 3 is 2.96 bits per heavy atom. The van der Waals surface area contributed by atoms with Gasteiger partial charge in [0.2, 0.25) is 0 Å². The summed E-state index contributed by atoms with van der Waals surface area (Å²) in [6, 6.07) is 7.57. The Labute approximate surface area is 147 Å². The summed E-state index contributed by atoms with van der Waals surface area (Å²) in [5.74, 6) is -1.00. The van der Waals surface area contributed by atoms with Gasteiger partial charge in [0.25, 0.3) is 0 Å². The molecule has 1 aromatic carbocycles. The standard InChI is InChI=1S/C16H19BINO5/c20-16(12-8-18-6-5-14(12)24-18)19-15(17(21)22)7-10-9-23-13-4-2-1-3-11(10)13/h1-4,9,12,14-15,21-22H,5-8H2,(H,19,20)/t12-,14+,15+/m1/s1. The summed E-state index contributed by atoms with van der Waals surface area (Å²) in [6.45, 7) is 0. The zero-order valence-electron chi connectivity index (χ0n) is 13.0. The van der Waals surface area contributed by atoms with Crippen LogP contribution in [0.1, 0.15) is 12.0 Å². The van der Waals surface area contributed by atoms with Crippen LogP contribution >= 0.6 is 20.2 Å². The van der Waals surface area contributed by atoms with Crippen LogP contribution in [0.4, 0.5) is 0 Å². The molecule has 6 nitrogen and oxygen atoms in total. The first-order valence-electron chi connectivity index (χ1n) is 8.02. The SMILES string of the molecule is O=C(N[C@@H](Cc1coc2ccccc12)B(O)O)[C@@H]1CI2CC[C@@H]1O2. The normalized spacial score (nSPS) is 25.2. The van der Waals surface area contributed by atoms with Crippen LogP contribution in [-0.4, -0.2) is 44.0 Å². The van der Waals surface area contributed by atoms with Crippen LogP contribution in [0.5, 0.6) is 0 Å². The van der Waals surface area contributed by atoms with Crippen LogP contribution in [-0.2, 0) is 14.3 Å². The Balaban J connectivity index is 1.47. The second kappa shape index (κ2) is 6.66. The fraction of sp³-hybridized carbons (Fsp3) is 0.438. The van der Waals surface area contributed by atoms with E-state index < -0.39 is 33.3 Å². The van der Waals surface area contributed by atoms with Crippen molar-refractivity contribution in [3.05, 3.63) is 36.1 Å². The third-order valence-corrected chi connectivity index (χ3v) is 9.79. The number of hydrogen-bond donors (Lipinski definition) is 3. The molecule has 0 unspecified atom stereocenters. The summed E-state index contributed by atoms with van der Waals surface area (Å²) >= 11 is -1.33. The molecule has 3 heterocycles. The Morgan fingerprint density at radius 2 is 2.25 bits per heavy atom. The van der Waals surface area contributed by atoms with E-state index in [1.807, 2.05) is 24.3 Å². The summed E-state index contributed by atoms with van der Waals surface area (Å²) in [4.78, 5) is 12.5. The predicted octanol–water partition coefficient (Wildman–Crippen LogP) is 1.31. The van der Waals surface area contributed by atoms with E-state index in [0.29, 0.717) is 6.42 Å². The Morgan fingerprint density at radius 1 is 1.42 bits per heavy atom. The third kappa shape index (κ3) is 3.07. The van der Waals surface area contributed by atoms with Gasteiger partial charge in [-0.05, 0) is 0 Å². The molecule has 0 spiro atoms. The molecule has 3 atom stereocenters. The summed E-state index contributed by atoms with van der Waals surface area (Å²) in [7, 11) is -1.62. The third-order valence-electron chi connectivity index (χ3n) is 4.66. The molecule has 2 bridgehead atoms. The van der Waals surface area contributed by atoms with Gasteiger partial charge < -0.3 is 0 Å². The molecule has 2 saturated heterocycles. The molecule has 128 valence electrons. The van der Waals surface area contributed by atoms with Crippen molar-refractivity contribution in [1.82, 2.24) is 5.32 Å². The number of carbonyl (C=O) groups excluding carboxylic acids is 1. The number of rotatable bonds is 5. The Kier molecular flexibility index (Phi) is 4.55. The van der Waals surface area contributed by atoms with Crippen LogP contribution < -0.4 is 5.32 Å². The minimum atomic E-state index is -1.62. The second-order valence-electron chi connectivity index (χ2n) is 6.26. The first-order valence-corrected chi connectivity index (χ1v) is 12.0. The molecule has 3 N–H and O–H groups in total. The predicted molar refractivity (Wildman–Crippen MR) is 98.8 cm³/mol. The number of amides is 1. The topological polar surface area (TPSA) is 91.9 Å². The van der Waals surface area contributed by atoms with E-state index in [4.69, 9.17) is 7.48 Å². The van der Waals surface area contributed by atoms with Gasteiger partial charge in [-0.2, -0.15) is 0 Å². The number of hydrogen-bond acceptors (Lipinski definition) is 5. The van der Waals surface area contributed by atoms with E-state index in [0.717, 1.165) is 27.4 Å². The fourth-order valence-corrected chi connectivity index (χ4v) is 9.10. The summed E-state index contributed by atoms with van der Waals surface area (Å²) in [5.41, 5.74) is 1.60. The van der Waals surface area contributed by atoms with Crippen molar-refractivity contribution >= 4 is 44.2 Å². The molecule has 2 fully saturated rings. The molecular weight excluding hydrogens is 424 g/mol. The number of alkyl halides is 2. The molecule has 1 aromatic heterocycles. The number of carbonyl (C=O) groups is 1. The molecule has 1 amide bonds. The monoisotopic (exact) mass is 443 g/mol. The number of benzene rings is 1. The van der Waals surface area contributed by atoms with Crippen molar-refractivity contribution in [1.29, 1.82) is 0 Å². The van der Waals surface area contributed by atoms with Crippen molar-refractivity contribution in [2.45, 2.75) is 24.9 Å². The zero-order chi connectivity index (χ0) is 16.7. The van der Waals surface area contributed by atoms with Gasteiger partial charge in [0, 0.05) is 0 Å². The van der Waals surface area contributed by atoms with Gasteiger partial charge in [-0.25, -0.2) is 0 Å². The summed E-state index contributed by atoms with van der Waals surface area (Å²) in [6.07, 6.45) is 2.94. The first kappa shape index (κ1) is 16.4. The second-order valence-corrected chi connectivity index (χ2v) is 11.1. The minimum absolute atomic E-state index is 0.0430. The van der Waals surface area contributed by atoms with Crippen molar-refractivity contribution in [2.24, 2.45) is 5.92 Å². The van der Waals surface area contributed by atoms with Crippen LogP contribution in [0.15, 0.2) is 34.9 Å². The quantitative estimate of drug-likeness (QED) is 0.369. The molecule has 0 aliphatic carbocycles. The molecule has 0 radical (unpaired) electrons. The van der Waals surface area contributed by atoms with Crippen molar-refractivity contribution in [3.63, 3.8) is 0 Å². The van der Waals surface area contributed by atoms with Gasteiger partial charge in [0.1, 0.15) is 0 Å². The van der Waals surface area contributed by atoms with Gasteiger partial charge >= 0.3 is 148 Å². The number of halogens is 1. The summed E-state index contributed by atoms with van der Waals surface area (Å²) in [5, 5.41) is 23.1. The molecule has 0 saturated carbocycles. The van der Waals surface area contributed by atoms with E-state index in [-0.39, 0.29) is 17.9 Å². The maximum absolute atomic E-state index is 12.5.